The number of phenolic OH excluding ortho intramolecular Hbond substituents is 1. The molecule has 0 aliphatic heterocycles. The Kier molecular flexibility index (Phi) is 5.61. The molecule has 5 heteroatoms. The second-order valence-electron chi connectivity index (χ2n) is 5.19. The van der Waals surface area contributed by atoms with Crippen LogP contribution in [-0.2, 0) is 0 Å². The summed E-state index contributed by atoms with van der Waals surface area (Å²) >= 11 is 0. The third-order valence-electron chi connectivity index (χ3n) is 3.18. The standard InChI is InChI=1S/C17H19FN2O2/c1-12(21)5-3-2-4-6-13-10-19-17(20-11-13)14-7-8-16(22)15(18)9-14/h4,6-12,21-22H,2-3,5H2,1H3/b6-4+. The number of phenols is 1. The summed E-state index contributed by atoms with van der Waals surface area (Å²) in [6.45, 7) is 1.78. The van der Waals surface area contributed by atoms with Gasteiger partial charge in [-0.15, -0.1) is 0 Å². The van der Waals surface area contributed by atoms with Crippen molar-refractivity contribution >= 4 is 6.08 Å². The lowest BCUT2D eigenvalue weighted by Crippen LogP contribution is -1.97. The van der Waals surface area contributed by atoms with Crippen LogP contribution in [0.1, 0.15) is 31.7 Å². The van der Waals surface area contributed by atoms with E-state index in [-0.39, 0.29) is 11.9 Å². The number of rotatable bonds is 6. The van der Waals surface area contributed by atoms with Crippen molar-refractivity contribution in [3.63, 3.8) is 0 Å². The van der Waals surface area contributed by atoms with E-state index >= 15 is 0 Å². The summed E-state index contributed by atoms with van der Waals surface area (Å²) in [7, 11) is 0. The van der Waals surface area contributed by atoms with Crippen molar-refractivity contribution in [2.24, 2.45) is 0 Å². The third-order valence-corrected chi connectivity index (χ3v) is 3.18. The average molecular weight is 302 g/mol. The molecule has 0 bridgehead atoms. The molecule has 4 nitrogen and oxygen atoms in total. The van der Waals surface area contributed by atoms with E-state index in [1.807, 2.05) is 12.2 Å². The van der Waals surface area contributed by atoms with Gasteiger partial charge in [0.1, 0.15) is 0 Å². The van der Waals surface area contributed by atoms with E-state index < -0.39 is 5.82 Å². The molecule has 0 radical (unpaired) electrons. The summed E-state index contributed by atoms with van der Waals surface area (Å²) in [6, 6.07) is 4.06. The highest BCUT2D eigenvalue weighted by Crippen LogP contribution is 2.22. The quantitative estimate of drug-likeness (QED) is 0.801. The second-order valence-corrected chi connectivity index (χ2v) is 5.19. The van der Waals surface area contributed by atoms with E-state index in [0.29, 0.717) is 11.4 Å². The van der Waals surface area contributed by atoms with Gasteiger partial charge in [0.05, 0.1) is 6.10 Å². The lowest BCUT2D eigenvalue weighted by Gasteiger charge is -2.02. The molecule has 1 heterocycles. The molecule has 0 spiro atoms. The van der Waals surface area contributed by atoms with Crippen LogP contribution in [0.25, 0.3) is 17.5 Å². The molecule has 2 aromatic rings. The van der Waals surface area contributed by atoms with Crippen LogP contribution in [0.15, 0.2) is 36.7 Å². The highest BCUT2D eigenvalue weighted by atomic mass is 19.1. The number of unbranched alkanes of at least 4 members (excludes halogenated alkanes) is 1. The van der Waals surface area contributed by atoms with E-state index in [1.54, 1.807) is 25.4 Å². The minimum Gasteiger partial charge on any atom is -0.505 e. The molecule has 0 aliphatic rings. The fraction of sp³-hybridized carbons (Fsp3) is 0.294. The van der Waals surface area contributed by atoms with Crippen LogP contribution in [-0.4, -0.2) is 26.3 Å². The maximum Gasteiger partial charge on any atom is 0.165 e. The van der Waals surface area contributed by atoms with Crippen molar-refractivity contribution in [2.45, 2.75) is 32.3 Å². The minimum absolute atomic E-state index is 0.262. The Morgan fingerprint density at radius 2 is 2.00 bits per heavy atom. The van der Waals surface area contributed by atoms with Gasteiger partial charge in [0.2, 0.25) is 0 Å². The van der Waals surface area contributed by atoms with E-state index in [2.05, 4.69) is 9.97 Å². The van der Waals surface area contributed by atoms with Gasteiger partial charge in [-0.2, -0.15) is 0 Å². The van der Waals surface area contributed by atoms with Gasteiger partial charge in [-0.25, -0.2) is 14.4 Å². The number of aromatic hydroxyl groups is 1. The molecule has 0 saturated heterocycles. The molecule has 22 heavy (non-hydrogen) atoms. The second kappa shape index (κ2) is 7.66. The number of nitrogens with zero attached hydrogens (tertiary/aromatic N) is 2. The van der Waals surface area contributed by atoms with Crippen molar-refractivity contribution in [3.05, 3.63) is 48.0 Å². The Hall–Kier alpha value is -2.27. The third kappa shape index (κ3) is 4.63. The van der Waals surface area contributed by atoms with Crippen LogP contribution in [0.5, 0.6) is 5.75 Å². The average Bonchev–Trinajstić information content (AvgIpc) is 2.50. The SMILES string of the molecule is CC(O)CCC/C=C/c1cnc(-c2ccc(O)c(F)c2)nc1. The largest absolute Gasteiger partial charge is 0.505 e. The lowest BCUT2D eigenvalue weighted by atomic mass is 10.1. The number of aromatic nitrogens is 2. The van der Waals surface area contributed by atoms with E-state index in [9.17, 15) is 4.39 Å². The summed E-state index contributed by atoms with van der Waals surface area (Å²) in [6.07, 6.45) is 9.60. The topological polar surface area (TPSA) is 66.2 Å². The molecule has 2 N–H and O–H groups in total. The molecular formula is C17H19FN2O2. The molecule has 1 aromatic heterocycles. The Labute approximate surface area is 129 Å². The van der Waals surface area contributed by atoms with Gasteiger partial charge in [-0.3, -0.25) is 0 Å². The van der Waals surface area contributed by atoms with Gasteiger partial charge in [-0.05, 0) is 44.4 Å². The maximum atomic E-state index is 13.3. The van der Waals surface area contributed by atoms with Gasteiger partial charge in [-0.1, -0.05) is 12.2 Å². The number of aliphatic hydroxyl groups is 1. The zero-order chi connectivity index (χ0) is 15.9. The number of hydrogen-bond acceptors (Lipinski definition) is 4. The van der Waals surface area contributed by atoms with Gasteiger partial charge >= 0.3 is 0 Å². The molecule has 0 fully saturated rings. The zero-order valence-corrected chi connectivity index (χ0v) is 12.4. The Bertz CT molecular complexity index is 640. The van der Waals surface area contributed by atoms with Crippen molar-refractivity contribution < 1.29 is 14.6 Å². The Morgan fingerprint density at radius 1 is 1.27 bits per heavy atom. The minimum atomic E-state index is -0.691. The van der Waals surface area contributed by atoms with Gasteiger partial charge in [0.25, 0.3) is 0 Å². The number of aliphatic hydroxyl groups excluding tert-OH is 1. The van der Waals surface area contributed by atoms with Crippen LogP contribution >= 0.6 is 0 Å². The lowest BCUT2D eigenvalue weighted by molar-refractivity contribution is 0.182. The first-order chi connectivity index (χ1) is 10.6. The zero-order valence-electron chi connectivity index (χ0n) is 12.4. The van der Waals surface area contributed by atoms with E-state index in [0.717, 1.165) is 24.8 Å². The van der Waals surface area contributed by atoms with Gasteiger partial charge in [0.15, 0.2) is 17.4 Å². The smallest absolute Gasteiger partial charge is 0.165 e. The van der Waals surface area contributed by atoms with E-state index in [4.69, 9.17) is 10.2 Å². The first-order valence-corrected chi connectivity index (χ1v) is 7.22. The van der Waals surface area contributed by atoms with Gasteiger partial charge < -0.3 is 10.2 Å². The monoisotopic (exact) mass is 302 g/mol. The number of allylic oxidation sites excluding steroid dienone is 1. The number of hydrogen-bond donors (Lipinski definition) is 2. The maximum absolute atomic E-state index is 13.3. The molecule has 116 valence electrons. The van der Waals surface area contributed by atoms with Crippen LogP contribution in [0.3, 0.4) is 0 Å². The summed E-state index contributed by atoms with van der Waals surface area (Å²) in [4.78, 5) is 8.39. The Balaban J connectivity index is 1.98. The normalized spacial score (nSPS) is 12.7. The predicted molar refractivity (Wildman–Crippen MR) is 83.7 cm³/mol. The highest BCUT2D eigenvalue weighted by molar-refractivity contribution is 5.57. The number of benzene rings is 1. The first-order valence-electron chi connectivity index (χ1n) is 7.22. The molecule has 1 atom stereocenters. The fourth-order valence-electron chi connectivity index (χ4n) is 1.97. The van der Waals surface area contributed by atoms with Gasteiger partial charge in [0, 0.05) is 23.5 Å². The Morgan fingerprint density at radius 3 is 2.64 bits per heavy atom. The molecule has 0 amide bonds. The van der Waals surface area contributed by atoms with Crippen molar-refractivity contribution in [1.82, 2.24) is 9.97 Å². The molecular weight excluding hydrogens is 283 g/mol. The molecule has 1 aromatic carbocycles. The van der Waals surface area contributed by atoms with Crippen LogP contribution < -0.4 is 0 Å². The molecule has 0 saturated carbocycles. The van der Waals surface area contributed by atoms with Crippen LogP contribution in [0.2, 0.25) is 0 Å². The molecule has 0 aliphatic carbocycles. The summed E-state index contributed by atoms with van der Waals surface area (Å²) in [5.74, 6) is -0.672. The van der Waals surface area contributed by atoms with Crippen molar-refractivity contribution in [2.75, 3.05) is 0 Å². The first kappa shape index (κ1) is 16.1. The molecule has 1 unspecified atom stereocenters. The van der Waals surface area contributed by atoms with Crippen molar-refractivity contribution in [1.29, 1.82) is 0 Å². The fourth-order valence-corrected chi connectivity index (χ4v) is 1.97. The highest BCUT2D eigenvalue weighted by Gasteiger charge is 2.05. The predicted octanol–water partition coefficient (Wildman–Crippen LogP) is 3.55. The summed E-state index contributed by atoms with van der Waals surface area (Å²) in [5, 5.41) is 18.3. The van der Waals surface area contributed by atoms with E-state index in [1.165, 1.54) is 12.1 Å². The van der Waals surface area contributed by atoms with Crippen LogP contribution in [0.4, 0.5) is 4.39 Å². The van der Waals surface area contributed by atoms with Crippen molar-refractivity contribution in [3.8, 4) is 17.1 Å². The number of halogens is 1. The molecule has 2 rings (SSSR count). The summed E-state index contributed by atoms with van der Waals surface area (Å²) in [5.41, 5.74) is 1.38. The summed E-state index contributed by atoms with van der Waals surface area (Å²) < 4.78 is 13.3. The van der Waals surface area contributed by atoms with Crippen LogP contribution in [0, 0.1) is 5.82 Å².